The molecule has 3 fully saturated rings. The molecule has 5 rings (SSSR count). The summed E-state index contributed by atoms with van der Waals surface area (Å²) >= 11 is 0. The number of anilines is 1. The molecule has 5 atom stereocenters. The first-order chi connectivity index (χ1) is 10.3. The molecule has 2 saturated heterocycles. The van der Waals surface area contributed by atoms with Crippen LogP contribution in [0, 0.1) is 11.8 Å². The quantitative estimate of drug-likeness (QED) is 0.779. The maximum Gasteiger partial charge on any atom is 0.120 e. The number of hydrogen-bond donors (Lipinski definition) is 0. The minimum atomic E-state index is -0.0104. The molecule has 0 aromatic heterocycles. The minimum absolute atomic E-state index is 0.0104. The van der Waals surface area contributed by atoms with Gasteiger partial charge in [-0.1, -0.05) is 24.6 Å². The molecule has 21 heavy (non-hydrogen) atoms. The average Bonchev–Trinajstić information content (AvgIpc) is 3.20. The smallest absolute Gasteiger partial charge is 0.120 e. The molecule has 1 aliphatic carbocycles. The van der Waals surface area contributed by atoms with Crippen LogP contribution in [0.1, 0.15) is 19.3 Å². The molecule has 3 unspecified atom stereocenters. The molecule has 1 aromatic carbocycles. The Morgan fingerprint density at radius 3 is 3.19 bits per heavy atom. The lowest BCUT2D eigenvalue weighted by molar-refractivity contribution is 0.0319. The lowest BCUT2D eigenvalue weighted by Crippen LogP contribution is -2.41. The van der Waals surface area contributed by atoms with Gasteiger partial charge in [-0.3, -0.25) is 0 Å². The van der Waals surface area contributed by atoms with Crippen LogP contribution in [-0.2, 0) is 4.74 Å². The lowest BCUT2D eigenvalue weighted by atomic mass is 9.68. The number of hydrogen-bond acceptors (Lipinski definition) is 3. The monoisotopic (exact) mass is 283 g/mol. The predicted octanol–water partition coefficient (Wildman–Crippen LogP) is 3.01. The zero-order valence-corrected chi connectivity index (χ0v) is 12.4. The fraction of sp³-hybridized carbons (Fsp3) is 0.556. The Kier molecular flexibility index (Phi) is 2.33. The van der Waals surface area contributed by atoms with E-state index in [9.17, 15) is 0 Å². The highest BCUT2D eigenvalue weighted by atomic mass is 16.5. The van der Waals surface area contributed by atoms with Crippen LogP contribution in [-0.4, -0.2) is 31.4 Å². The Balaban J connectivity index is 1.56. The molecule has 1 saturated carbocycles. The zero-order valence-electron chi connectivity index (χ0n) is 12.4. The Morgan fingerprint density at radius 2 is 2.29 bits per heavy atom. The standard InChI is InChI=1S/C18H21NO2/c1-20-13-5-2-4-12(10-13)19-11-18-9-8-16(21-18)14-6-3-7-15(19)17(14)18/h2,4-5,8-10,14-17H,3,6-7,11H2,1H3/t14?,15?,16-,17?,18-/m1/s1. The van der Waals surface area contributed by atoms with Gasteiger partial charge >= 0.3 is 0 Å². The van der Waals surface area contributed by atoms with E-state index < -0.39 is 0 Å². The second-order valence-electron chi connectivity index (χ2n) is 6.91. The maximum absolute atomic E-state index is 6.42. The van der Waals surface area contributed by atoms with Crippen molar-refractivity contribution in [3.05, 3.63) is 36.4 Å². The van der Waals surface area contributed by atoms with Crippen LogP contribution in [0.15, 0.2) is 36.4 Å². The van der Waals surface area contributed by atoms with E-state index in [1.165, 1.54) is 24.9 Å². The summed E-state index contributed by atoms with van der Waals surface area (Å²) in [5.41, 5.74) is 1.27. The van der Waals surface area contributed by atoms with E-state index >= 15 is 0 Å². The second kappa shape index (κ2) is 4.04. The number of nitrogens with zero attached hydrogens (tertiary/aromatic N) is 1. The van der Waals surface area contributed by atoms with Gasteiger partial charge in [-0.2, -0.15) is 0 Å². The van der Waals surface area contributed by atoms with Crippen molar-refractivity contribution in [1.29, 1.82) is 0 Å². The summed E-state index contributed by atoms with van der Waals surface area (Å²) in [4.78, 5) is 2.57. The highest BCUT2D eigenvalue weighted by Gasteiger charge is 2.65. The predicted molar refractivity (Wildman–Crippen MR) is 81.7 cm³/mol. The van der Waals surface area contributed by atoms with Gasteiger partial charge in [-0.15, -0.1) is 0 Å². The van der Waals surface area contributed by atoms with E-state index in [1.54, 1.807) is 7.11 Å². The van der Waals surface area contributed by atoms with E-state index in [-0.39, 0.29) is 5.60 Å². The first-order valence-electron chi connectivity index (χ1n) is 8.09. The largest absolute Gasteiger partial charge is 0.497 e. The van der Waals surface area contributed by atoms with Crippen LogP contribution in [0.25, 0.3) is 0 Å². The van der Waals surface area contributed by atoms with Crippen molar-refractivity contribution in [3.8, 4) is 5.75 Å². The molecule has 0 amide bonds. The van der Waals surface area contributed by atoms with Gasteiger partial charge < -0.3 is 14.4 Å². The third kappa shape index (κ3) is 1.48. The third-order valence-corrected chi connectivity index (χ3v) is 6.03. The van der Waals surface area contributed by atoms with E-state index in [4.69, 9.17) is 9.47 Å². The van der Waals surface area contributed by atoms with Crippen LogP contribution in [0.4, 0.5) is 5.69 Å². The number of rotatable bonds is 2. The Bertz CT molecular complexity index is 613. The van der Waals surface area contributed by atoms with Crippen molar-refractivity contribution in [3.63, 3.8) is 0 Å². The summed E-state index contributed by atoms with van der Waals surface area (Å²) in [6, 6.07) is 9.11. The summed E-state index contributed by atoms with van der Waals surface area (Å²) in [6.07, 6.45) is 9.03. The van der Waals surface area contributed by atoms with Gasteiger partial charge in [0.05, 0.1) is 19.8 Å². The van der Waals surface area contributed by atoms with Crippen LogP contribution in [0.5, 0.6) is 5.75 Å². The molecule has 3 aliphatic heterocycles. The van der Waals surface area contributed by atoms with Gasteiger partial charge in [0.25, 0.3) is 0 Å². The molecule has 3 nitrogen and oxygen atoms in total. The van der Waals surface area contributed by atoms with Crippen LogP contribution in [0.3, 0.4) is 0 Å². The van der Waals surface area contributed by atoms with E-state index in [2.05, 4.69) is 35.3 Å². The molecule has 3 heterocycles. The summed E-state index contributed by atoms with van der Waals surface area (Å²) in [5, 5.41) is 0. The molecule has 4 aliphatic rings. The third-order valence-electron chi connectivity index (χ3n) is 6.03. The molecule has 2 bridgehead atoms. The second-order valence-corrected chi connectivity index (χ2v) is 6.91. The first-order valence-corrected chi connectivity index (χ1v) is 8.09. The Labute approximate surface area is 125 Å². The molecular weight excluding hydrogens is 262 g/mol. The van der Waals surface area contributed by atoms with E-state index in [0.717, 1.165) is 18.2 Å². The highest BCUT2D eigenvalue weighted by molar-refractivity contribution is 5.55. The normalized spacial score (nSPS) is 42.4. The number of fused-ring (bicyclic) bond motifs is 2. The molecule has 3 heteroatoms. The molecule has 0 N–H and O–H groups in total. The minimum Gasteiger partial charge on any atom is -0.497 e. The van der Waals surface area contributed by atoms with Crippen molar-refractivity contribution >= 4 is 5.69 Å². The highest BCUT2D eigenvalue weighted by Crippen LogP contribution is 2.58. The fourth-order valence-corrected chi connectivity index (χ4v) is 5.27. The molecule has 0 radical (unpaired) electrons. The first kappa shape index (κ1) is 12.1. The van der Waals surface area contributed by atoms with Gasteiger partial charge in [-0.05, 0) is 30.9 Å². The van der Waals surface area contributed by atoms with Crippen molar-refractivity contribution in [2.45, 2.75) is 37.0 Å². The molecule has 1 aromatic rings. The molecule has 110 valence electrons. The number of benzene rings is 1. The Hall–Kier alpha value is -1.48. The van der Waals surface area contributed by atoms with Crippen molar-refractivity contribution in [1.82, 2.24) is 0 Å². The lowest BCUT2D eigenvalue weighted by Gasteiger charge is -2.37. The fourth-order valence-electron chi connectivity index (χ4n) is 5.27. The number of methoxy groups -OCH3 is 1. The molecule has 1 spiro atoms. The van der Waals surface area contributed by atoms with E-state index in [1.807, 2.05) is 6.07 Å². The summed E-state index contributed by atoms with van der Waals surface area (Å²) in [6.45, 7) is 0.999. The summed E-state index contributed by atoms with van der Waals surface area (Å²) in [7, 11) is 1.74. The van der Waals surface area contributed by atoms with Crippen LogP contribution >= 0.6 is 0 Å². The summed E-state index contributed by atoms with van der Waals surface area (Å²) < 4.78 is 11.8. The average molecular weight is 283 g/mol. The van der Waals surface area contributed by atoms with E-state index in [0.29, 0.717) is 18.1 Å². The topological polar surface area (TPSA) is 21.7 Å². The van der Waals surface area contributed by atoms with Crippen LogP contribution in [0.2, 0.25) is 0 Å². The van der Waals surface area contributed by atoms with Gasteiger partial charge in [-0.25, -0.2) is 0 Å². The van der Waals surface area contributed by atoms with Crippen LogP contribution < -0.4 is 9.64 Å². The number of ether oxygens (including phenoxy) is 2. The zero-order chi connectivity index (χ0) is 14.0. The van der Waals surface area contributed by atoms with Gasteiger partial charge in [0.2, 0.25) is 0 Å². The van der Waals surface area contributed by atoms with Gasteiger partial charge in [0.15, 0.2) is 0 Å². The van der Waals surface area contributed by atoms with Crippen molar-refractivity contribution in [2.24, 2.45) is 11.8 Å². The maximum atomic E-state index is 6.42. The van der Waals surface area contributed by atoms with Gasteiger partial charge in [0.1, 0.15) is 11.4 Å². The summed E-state index contributed by atoms with van der Waals surface area (Å²) in [5.74, 6) is 2.37. The Morgan fingerprint density at radius 1 is 1.33 bits per heavy atom. The SMILES string of the molecule is COc1cccc(N2C[C@@]34C=C[C@@H](O3)C3CCCC2C34)c1. The van der Waals surface area contributed by atoms with Crippen molar-refractivity contribution in [2.75, 3.05) is 18.6 Å². The van der Waals surface area contributed by atoms with Gasteiger partial charge in [0, 0.05) is 23.7 Å². The molecular formula is C18H21NO2. The van der Waals surface area contributed by atoms with Crippen molar-refractivity contribution < 1.29 is 9.47 Å².